The zero-order chi connectivity index (χ0) is 21.3. The van der Waals surface area contributed by atoms with Crippen LogP contribution in [0.4, 0.5) is 11.4 Å². The molecule has 3 aromatic carbocycles. The molecule has 150 valence electrons. The Bertz CT molecular complexity index is 1150. The molecule has 0 radical (unpaired) electrons. The van der Waals surface area contributed by atoms with E-state index in [1.807, 2.05) is 0 Å². The van der Waals surface area contributed by atoms with Crippen molar-refractivity contribution in [3.8, 4) is 0 Å². The van der Waals surface area contributed by atoms with Crippen LogP contribution in [0.15, 0.2) is 76.6 Å². The number of thioether (sulfide) groups is 1. The van der Waals surface area contributed by atoms with Gasteiger partial charge >= 0.3 is 0 Å². The van der Waals surface area contributed by atoms with Crippen LogP contribution < -0.4 is 4.90 Å². The molecular weight excluding hydrogens is 482 g/mol. The molecule has 0 aliphatic carbocycles. The minimum atomic E-state index is -0.231. The zero-order valence-electron chi connectivity index (χ0n) is 15.2. The average molecular weight is 494 g/mol. The SMILES string of the molecule is O=C1/C(=C/c2c(Cl)cccc2Cl)SC(=Nc2ccc(Cl)cc2)N1c1ccc(Cl)cc1. The van der Waals surface area contributed by atoms with Gasteiger partial charge in [0.15, 0.2) is 5.17 Å². The Kier molecular flexibility index (Phi) is 6.42. The smallest absolute Gasteiger partial charge is 0.268 e. The first-order valence-corrected chi connectivity index (χ1v) is 11.0. The lowest BCUT2D eigenvalue weighted by Crippen LogP contribution is -2.28. The minimum absolute atomic E-state index is 0.231. The summed E-state index contributed by atoms with van der Waals surface area (Å²) >= 11 is 25.8. The van der Waals surface area contributed by atoms with Crippen molar-refractivity contribution in [1.29, 1.82) is 0 Å². The van der Waals surface area contributed by atoms with Gasteiger partial charge in [0.25, 0.3) is 5.91 Å². The van der Waals surface area contributed by atoms with Crippen LogP contribution in [0, 0.1) is 0 Å². The third-order valence-electron chi connectivity index (χ3n) is 4.22. The van der Waals surface area contributed by atoms with Crippen molar-refractivity contribution in [3.05, 3.63) is 97.3 Å². The highest BCUT2D eigenvalue weighted by Crippen LogP contribution is 2.39. The Morgan fingerprint density at radius 1 is 0.800 bits per heavy atom. The predicted octanol–water partition coefficient (Wildman–Crippen LogP) is 8.11. The minimum Gasteiger partial charge on any atom is -0.268 e. The van der Waals surface area contributed by atoms with Gasteiger partial charge in [0.2, 0.25) is 0 Å². The molecule has 3 aromatic rings. The molecule has 1 heterocycles. The Morgan fingerprint density at radius 2 is 1.37 bits per heavy atom. The van der Waals surface area contributed by atoms with E-state index >= 15 is 0 Å². The number of carbonyl (C=O) groups excluding carboxylic acids is 1. The van der Waals surface area contributed by atoms with Crippen molar-refractivity contribution in [2.45, 2.75) is 0 Å². The van der Waals surface area contributed by atoms with Crippen molar-refractivity contribution in [1.82, 2.24) is 0 Å². The molecule has 0 unspecified atom stereocenters. The highest BCUT2D eigenvalue weighted by Gasteiger charge is 2.35. The highest BCUT2D eigenvalue weighted by molar-refractivity contribution is 8.19. The van der Waals surface area contributed by atoms with Gasteiger partial charge in [0.1, 0.15) is 0 Å². The molecule has 1 aliphatic heterocycles. The van der Waals surface area contributed by atoms with Crippen LogP contribution in [0.3, 0.4) is 0 Å². The van der Waals surface area contributed by atoms with Gasteiger partial charge < -0.3 is 0 Å². The molecular formula is C22H12Cl4N2OS. The van der Waals surface area contributed by atoms with Gasteiger partial charge in [-0.25, -0.2) is 4.99 Å². The number of hydrogen-bond donors (Lipinski definition) is 0. The van der Waals surface area contributed by atoms with Crippen LogP contribution in [0.1, 0.15) is 5.56 Å². The molecule has 30 heavy (non-hydrogen) atoms. The first-order chi connectivity index (χ1) is 14.4. The molecule has 8 heteroatoms. The third kappa shape index (κ3) is 4.53. The molecule has 1 fully saturated rings. The molecule has 0 atom stereocenters. The fourth-order valence-corrected chi connectivity index (χ4v) is 4.51. The number of aliphatic imine (C=N–C) groups is 1. The van der Waals surface area contributed by atoms with E-state index in [0.717, 1.165) is 0 Å². The van der Waals surface area contributed by atoms with Crippen LogP contribution in [0.5, 0.6) is 0 Å². The monoisotopic (exact) mass is 492 g/mol. The highest BCUT2D eigenvalue weighted by atomic mass is 35.5. The summed E-state index contributed by atoms with van der Waals surface area (Å²) in [5.41, 5.74) is 1.91. The number of anilines is 1. The standard InChI is InChI=1S/C22H12Cl4N2OS/c23-13-4-8-15(9-5-13)27-22-28(16-10-6-14(24)7-11-16)21(29)20(30-22)12-17-18(25)2-1-3-19(17)26/h1-12H/b20-12-,27-22?. The van der Waals surface area contributed by atoms with Crippen molar-refractivity contribution in [2.75, 3.05) is 4.90 Å². The quantitative estimate of drug-likeness (QED) is 0.345. The van der Waals surface area contributed by atoms with Crippen LogP contribution in [0.25, 0.3) is 6.08 Å². The summed E-state index contributed by atoms with van der Waals surface area (Å²) in [6.07, 6.45) is 1.69. The Morgan fingerprint density at radius 3 is 1.97 bits per heavy atom. The second-order valence-electron chi connectivity index (χ2n) is 6.23. The topological polar surface area (TPSA) is 32.7 Å². The number of rotatable bonds is 3. The molecule has 0 spiro atoms. The van der Waals surface area contributed by atoms with Gasteiger partial charge in [-0.05, 0) is 78.5 Å². The molecule has 3 nitrogen and oxygen atoms in total. The van der Waals surface area contributed by atoms with E-state index in [4.69, 9.17) is 46.4 Å². The van der Waals surface area contributed by atoms with E-state index in [-0.39, 0.29) is 5.91 Å². The third-order valence-corrected chi connectivity index (χ3v) is 6.35. The maximum atomic E-state index is 13.3. The second kappa shape index (κ2) is 9.04. The summed E-state index contributed by atoms with van der Waals surface area (Å²) in [7, 11) is 0. The summed E-state index contributed by atoms with van der Waals surface area (Å²) in [5.74, 6) is -0.231. The van der Waals surface area contributed by atoms with E-state index in [1.165, 1.54) is 16.7 Å². The van der Waals surface area contributed by atoms with Gasteiger partial charge in [-0.2, -0.15) is 0 Å². The number of amidine groups is 1. The fraction of sp³-hybridized carbons (Fsp3) is 0. The molecule has 1 saturated heterocycles. The predicted molar refractivity (Wildman–Crippen MR) is 130 cm³/mol. The van der Waals surface area contributed by atoms with E-state index in [1.54, 1.807) is 72.8 Å². The lowest BCUT2D eigenvalue weighted by molar-refractivity contribution is -0.113. The van der Waals surface area contributed by atoms with Gasteiger partial charge in [0.05, 0.1) is 16.3 Å². The summed E-state index contributed by atoms with van der Waals surface area (Å²) in [4.78, 5) is 19.9. The summed E-state index contributed by atoms with van der Waals surface area (Å²) < 4.78 is 0. The van der Waals surface area contributed by atoms with Gasteiger partial charge in [-0.3, -0.25) is 9.69 Å². The van der Waals surface area contributed by atoms with Crippen LogP contribution in [0.2, 0.25) is 20.1 Å². The van der Waals surface area contributed by atoms with Crippen molar-refractivity contribution in [2.24, 2.45) is 4.99 Å². The Hall–Kier alpha value is -1.95. The van der Waals surface area contributed by atoms with Crippen molar-refractivity contribution < 1.29 is 4.79 Å². The number of amides is 1. The van der Waals surface area contributed by atoms with Crippen LogP contribution in [-0.4, -0.2) is 11.1 Å². The Labute approximate surface area is 197 Å². The zero-order valence-corrected chi connectivity index (χ0v) is 19.0. The van der Waals surface area contributed by atoms with Gasteiger partial charge in [-0.15, -0.1) is 0 Å². The second-order valence-corrected chi connectivity index (χ2v) is 8.93. The molecule has 0 aromatic heterocycles. The molecule has 0 N–H and O–H groups in total. The average Bonchev–Trinajstić information content (AvgIpc) is 3.02. The van der Waals surface area contributed by atoms with Crippen molar-refractivity contribution >= 4 is 86.7 Å². The summed E-state index contributed by atoms with van der Waals surface area (Å²) in [6.45, 7) is 0. The fourth-order valence-electron chi connectivity index (χ4n) is 2.77. The molecule has 1 amide bonds. The van der Waals surface area contributed by atoms with Crippen LogP contribution >= 0.6 is 58.2 Å². The van der Waals surface area contributed by atoms with E-state index in [0.29, 0.717) is 47.1 Å². The normalized spacial score (nSPS) is 16.7. The van der Waals surface area contributed by atoms with Gasteiger partial charge in [0, 0.05) is 25.7 Å². The number of halogens is 4. The maximum Gasteiger partial charge on any atom is 0.271 e. The summed E-state index contributed by atoms with van der Waals surface area (Å²) in [6, 6.07) is 19.2. The lowest BCUT2D eigenvalue weighted by Gasteiger charge is -2.15. The number of benzene rings is 3. The number of nitrogens with zero attached hydrogens (tertiary/aromatic N) is 2. The number of carbonyl (C=O) groups is 1. The lowest BCUT2D eigenvalue weighted by atomic mass is 10.2. The van der Waals surface area contributed by atoms with E-state index < -0.39 is 0 Å². The van der Waals surface area contributed by atoms with Gasteiger partial charge in [-0.1, -0.05) is 52.5 Å². The molecule has 4 rings (SSSR count). The van der Waals surface area contributed by atoms with Crippen LogP contribution in [-0.2, 0) is 4.79 Å². The first kappa shape index (κ1) is 21.3. The van der Waals surface area contributed by atoms with Crippen molar-refractivity contribution in [3.63, 3.8) is 0 Å². The summed E-state index contributed by atoms with van der Waals surface area (Å²) in [5, 5.41) is 2.61. The maximum absolute atomic E-state index is 13.3. The first-order valence-electron chi connectivity index (χ1n) is 8.70. The van der Waals surface area contributed by atoms with E-state index in [2.05, 4.69) is 4.99 Å². The largest absolute Gasteiger partial charge is 0.271 e. The molecule has 0 saturated carbocycles. The molecule has 0 bridgehead atoms. The number of hydrogen-bond acceptors (Lipinski definition) is 3. The Balaban J connectivity index is 1.80. The van der Waals surface area contributed by atoms with E-state index in [9.17, 15) is 4.79 Å². The molecule has 1 aliphatic rings.